The van der Waals surface area contributed by atoms with Crippen LogP contribution in [0.15, 0.2) is 24.3 Å². The number of nitrogens with zero attached hydrogens (tertiary/aromatic N) is 3. The van der Waals surface area contributed by atoms with E-state index >= 15 is 0 Å². The number of aryl methyl sites for hydroxylation is 1. The van der Waals surface area contributed by atoms with Crippen molar-refractivity contribution in [2.45, 2.75) is 56.9 Å². The van der Waals surface area contributed by atoms with Crippen molar-refractivity contribution in [3.63, 3.8) is 0 Å². The standard InChI is InChI=1S/C20H23F3N4O/c1-11-9-12(20(21,22)23)10-17(28)19(11)15-6-8-18(26-25-15)24-14-5-3-13-4-7-16(14)27(13)2/h6,8-10,13-14,16,28H,3-5,7H2,1-2H3,(H,24,26)/t13-,14-,16-/m1/s1. The second kappa shape index (κ2) is 6.92. The van der Waals surface area contributed by atoms with Crippen molar-refractivity contribution in [3.8, 4) is 17.0 Å². The minimum Gasteiger partial charge on any atom is -0.507 e. The molecule has 5 nitrogen and oxygen atoms in total. The van der Waals surface area contributed by atoms with Gasteiger partial charge in [0, 0.05) is 23.7 Å². The number of hydrogen-bond donors (Lipinski definition) is 2. The van der Waals surface area contributed by atoms with Gasteiger partial charge in [-0.25, -0.2) is 0 Å². The summed E-state index contributed by atoms with van der Waals surface area (Å²) in [5, 5.41) is 21.9. The van der Waals surface area contributed by atoms with Gasteiger partial charge in [-0.3, -0.25) is 4.90 Å². The van der Waals surface area contributed by atoms with Crippen LogP contribution < -0.4 is 5.32 Å². The Morgan fingerprint density at radius 1 is 1.11 bits per heavy atom. The van der Waals surface area contributed by atoms with Crippen molar-refractivity contribution in [2.75, 3.05) is 12.4 Å². The number of phenolic OH excluding ortho intramolecular Hbond substituents is 1. The molecule has 2 saturated heterocycles. The molecule has 0 saturated carbocycles. The van der Waals surface area contributed by atoms with E-state index in [0.29, 0.717) is 35.2 Å². The van der Waals surface area contributed by atoms with Crippen LogP contribution in [0.25, 0.3) is 11.3 Å². The lowest BCUT2D eigenvalue weighted by Crippen LogP contribution is -2.48. The van der Waals surface area contributed by atoms with Crippen LogP contribution in [-0.4, -0.2) is 45.4 Å². The Hall–Kier alpha value is -2.35. The lowest BCUT2D eigenvalue weighted by atomic mass is 9.98. The van der Waals surface area contributed by atoms with Crippen LogP contribution in [0.3, 0.4) is 0 Å². The monoisotopic (exact) mass is 392 g/mol. The first-order valence-corrected chi connectivity index (χ1v) is 9.47. The van der Waals surface area contributed by atoms with Gasteiger partial charge in [0.2, 0.25) is 0 Å². The van der Waals surface area contributed by atoms with Crippen LogP contribution in [0.2, 0.25) is 0 Å². The van der Waals surface area contributed by atoms with Gasteiger partial charge in [0.1, 0.15) is 11.6 Å². The number of fused-ring (bicyclic) bond motifs is 2. The van der Waals surface area contributed by atoms with E-state index in [1.807, 2.05) is 0 Å². The van der Waals surface area contributed by atoms with E-state index in [2.05, 4.69) is 27.5 Å². The first-order valence-electron chi connectivity index (χ1n) is 9.47. The Balaban J connectivity index is 1.54. The second-order valence-electron chi connectivity index (χ2n) is 7.78. The number of benzene rings is 1. The molecule has 8 heteroatoms. The van der Waals surface area contributed by atoms with E-state index < -0.39 is 17.5 Å². The highest BCUT2D eigenvalue weighted by molar-refractivity contribution is 5.71. The molecular formula is C20H23F3N4O. The highest BCUT2D eigenvalue weighted by Gasteiger charge is 2.40. The summed E-state index contributed by atoms with van der Waals surface area (Å²) in [5.74, 6) is 0.185. The third kappa shape index (κ3) is 3.41. The smallest absolute Gasteiger partial charge is 0.416 e. The molecule has 28 heavy (non-hydrogen) atoms. The molecule has 2 N–H and O–H groups in total. The summed E-state index contributed by atoms with van der Waals surface area (Å²) >= 11 is 0. The highest BCUT2D eigenvalue weighted by Crippen LogP contribution is 2.39. The molecule has 1 aromatic carbocycles. The zero-order valence-corrected chi connectivity index (χ0v) is 15.8. The van der Waals surface area contributed by atoms with Crippen molar-refractivity contribution in [3.05, 3.63) is 35.4 Å². The molecule has 1 aromatic heterocycles. The summed E-state index contributed by atoms with van der Waals surface area (Å²) < 4.78 is 38.7. The van der Waals surface area contributed by atoms with Gasteiger partial charge in [0.25, 0.3) is 0 Å². The lowest BCUT2D eigenvalue weighted by Gasteiger charge is -2.38. The number of nitrogens with one attached hydrogen (secondary N) is 1. The van der Waals surface area contributed by atoms with Crippen molar-refractivity contribution in [1.29, 1.82) is 0 Å². The molecule has 0 radical (unpaired) electrons. The minimum atomic E-state index is -4.51. The van der Waals surface area contributed by atoms with Crippen molar-refractivity contribution < 1.29 is 18.3 Å². The first kappa shape index (κ1) is 19.0. The Kier molecular flexibility index (Phi) is 4.69. The fraction of sp³-hybridized carbons (Fsp3) is 0.500. The largest absolute Gasteiger partial charge is 0.507 e. The topological polar surface area (TPSA) is 61.3 Å². The number of phenols is 1. The van der Waals surface area contributed by atoms with Crippen LogP contribution in [0.4, 0.5) is 19.0 Å². The molecule has 2 aliphatic heterocycles. The summed E-state index contributed by atoms with van der Waals surface area (Å²) in [7, 11) is 2.17. The zero-order valence-electron chi connectivity index (χ0n) is 15.8. The normalized spacial score (nSPS) is 25.1. The molecular weight excluding hydrogens is 369 g/mol. The molecule has 2 bridgehead atoms. The highest BCUT2D eigenvalue weighted by atomic mass is 19.4. The number of piperidine rings is 1. The summed E-state index contributed by atoms with van der Waals surface area (Å²) in [6.07, 6.45) is 0.142. The molecule has 4 rings (SSSR count). The number of anilines is 1. The average Bonchev–Trinajstić information content (AvgIpc) is 2.85. The second-order valence-corrected chi connectivity index (χ2v) is 7.78. The van der Waals surface area contributed by atoms with Gasteiger partial charge in [-0.2, -0.15) is 13.2 Å². The third-order valence-corrected chi connectivity index (χ3v) is 6.07. The van der Waals surface area contributed by atoms with E-state index in [9.17, 15) is 18.3 Å². The van der Waals surface area contributed by atoms with Crippen molar-refractivity contribution in [1.82, 2.24) is 15.1 Å². The Bertz CT molecular complexity index is 846. The van der Waals surface area contributed by atoms with Gasteiger partial charge in [-0.1, -0.05) is 0 Å². The van der Waals surface area contributed by atoms with E-state index in [4.69, 9.17) is 0 Å². The number of rotatable bonds is 3. The average molecular weight is 392 g/mol. The van der Waals surface area contributed by atoms with Gasteiger partial charge in [-0.15, -0.1) is 10.2 Å². The summed E-state index contributed by atoms with van der Waals surface area (Å²) in [6, 6.07) is 6.66. The lowest BCUT2D eigenvalue weighted by molar-refractivity contribution is -0.137. The van der Waals surface area contributed by atoms with Crippen LogP contribution in [0.1, 0.15) is 36.8 Å². The summed E-state index contributed by atoms with van der Waals surface area (Å²) in [6.45, 7) is 1.52. The SMILES string of the molecule is Cc1cc(C(F)(F)F)cc(O)c1-c1ccc(N[C@@H]2CC[C@@H]3CC[C@H]2N3C)nn1. The maximum absolute atomic E-state index is 12.9. The minimum absolute atomic E-state index is 0.267. The molecule has 2 aliphatic rings. The number of aromatic hydroxyl groups is 1. The Morgan fingerprint density at radius 2 is 1.86 bits per heavy atom. The Morgan fingerprint density at radius 3 is 2.50 bits per heavy atom. The van der Waals surface area contributed by atoms with Crippen LogP contribution in [0.5, 0.6) is 5.75 Å². The van der Waals surface area contributed by atoms with Gasteiger partial charge in [0.05, 0.1) is 11.3 Å². The molecule has 0 spiro atoms. The molecule has 0 amide bonds. The zero-order chi connectivity index (χ0) is 20.1. The molecule has 3 atom stereocenters. The van der Waals surface area contributed by atoms with Crippen LogP contribution in [0, 0.1) is 6.92 Å². The predicted octanol–water partition coefficient (Wildman–Crippen LogP) is 4.21. The van der Waals surface area contributed by atoms with Gasteiger partial charge in [0.15, 0.2) is 0 Å². The number of likely N-dealkylation sites (N-methyl/N-ethyl adjacent to an activating group) is 1. The quantitative estimate of drug-likeness (QED) is 0.819. The first-order chi connectivity index (χ1) is 13.2. The van der Waals surface area contributed by atoms with Crippen LogP contribution in [-0.2, 0) is 6.18 Å². The van der Waals surface area contributed by atoms with Crippen molar-refractivity contribution in [2.24, 2.45) is 0 Å². The molecule has 2 aromatic rings. The van der Waals surface area contributed by atoms with E-state index in [-0.39, 0.29) is 5.56 Å². The molecule has 2 fully saturated rings. The predicted molar refractivity (Wildman–Crippen MR) is 100 cm³/mol. The molecule has 0 unspecified atom stereocenters. The molecule has 0 aliphatic carbocycles. The fourth-order valence-corrected chi connectivity index (χ4v) is 4.60. The third-order valence-electron chi connectivity index (χ3n) is 6.07. The van der Waals surface area contributed by atoms with Gasteiger partial charge in [-0.05, 0) is 69.5 Å². The van der Waals surface area contributed by atoms with E-state index in [1.54, 1.807) is 12.1 Å². The van der Waals surface area contributed by atoms with Gasteiger partial charge >= 0.3 is 6.18 Å². The van der Waals surface area contributed by atoms with E-state index in [0.717, 1.165) is 25.0 Å². The number of hydrogen-bond acceptors (Lipinski definition) is 5. The van der Waals surface area contributed by atoms with Crippen LogP contribution >= 0.6 is 0 Å². The maximum Gasteiger partial charge on any atom is 0.416 e. The summed E-state index contributed by atoms with van der Waals surface area (Å²) in [4.78, 5) is 2.44. The molecule has 150 valence electrons. The number of halogens is 3. The van der Waals surface area contributed by atoms with Gasteiger partial charge < -0.3 is 10.4 Å². The number of aromatic nitrogens is 2. The number of alkyl halides is 3. The van der Waals surface area contributed by atoms with E-state index in [1.165, 1.54) is 19.8 Å². The maximum atomic E-state index is 12.9. The Labute approximate surface area is 161 Å². The molecule has 3 heterocycles. The summed E-state index contributed by atoms with van der Waals surface area (Å²) in [5.41, 5.74) is 0.0288. The fourth-order valence-electron chi connectivity index (χ4n) is 4.60. The van der Waals surface area contributed by atoms with Crippen molar-refractivity contribution >= 4 is 5.82 Å².